The van der Waals surface area contributed by atoms with Gasteiger partial charge in [-0.05, 0) is 11.1 Å². The maximum absolute atomic E-state index is 13.2. The van der Waals surface area contributed by atoms with Gasteiger partial charge in [-0.2, -0.15) is 0 Å². The van der Waals surface area contributed by atoms with E-state index in [2.05, 4.69) is 0 Å². The van der Waals surface area contributed by atoms with E-state index in [1.165, 1.54) is 0 Å². The minimum absolute atomic E-state index is 0.172. The van der Waals surface area contributed by atoms with Gasteiger partial charge in [0, 0.05) is 6.42 Å². The maximum atomic E-state index is 13.2. The zero-order valence-electron chi connectivity index (χ0n) is 15.4. The van der Waals surface area contributed by atoms with E-state index >= 15 is 0 Å². The molecule has 2 aliphatic heterocycles. The highest BCUT2D eigenvalue weighted by atomic mass is 16.6. The lowest BCUT2D eigenvalue weighted by atomic mass is 9.86. The molecule has 1 atom stereocenters. The van der Waals surface area contributed by atoms with Crippen LogP contribution in [0.25, 0.3) is 0 Å². The van der Waals surface area contributed by atoms with E-state index in [9.17, 15) is 9.90 Å². The molecule has 5 heteroatoms. The Kier molecular flexibility index (Phi) is 5.00. The first-order valence-corrected chi connectivity index (χ1v) is 9.60. The number of rotatable bonds is 4. The van der Waals surface area contributed by atoms with Crippen LogP contribution in [0, 0.1) is 0 Å². The molecule has 2 aromatic carbocycles. The van der Waals surface area contributed by atoms with Crippen molar-refractivity contribution in [3.8, 4) is 0 Å². The Bertz CT molecular complexity index is 732. The molecule has 0 aromatic heterocycles. The quantitative estimate of drug-likeness (QED) is 0.663. The van der Waals surface area contributed by atoms with Crippen LogP contribution in [0.2, 0.25) is 0 Å². The summed E-state index contributed by atoms with van der Waals surface area (Å²) in [5.74, 6) is -0.599. The summed E-state index contributed by atoms with van der Waals surface area (Å²) in [6.07, 6.45) is 0.653. The van der Waals surface area contributed by atoms with E-state index in [-0.39, 0.29) is 6.10 Å². The van der Waals surface area contributed by atoms with Crippen LogP contribution < -0.4 is 0 Å². The van der Waals surface area contributed by atoms with Crippen LogP contribution in [0.4, 0.5) is 0 Å². The smallest absolute Gasteiger partial charge is 0.348 e. The molecular formula is C22H26NO4+. The number of esters is 1. The Balaban J connectivity index is 1.57. The van der Waals surface area contributed by atoms with E-state index in [4.69, 9.17) is 9.47 Å². The van der Waals surface area contributed by atoms with Crippen LogP contribution in [0.3, 0.4) is 0 Å². The molecule has 4 rings (SSSR count). The van der Waals surface area contributed by atoms with Gasteiger partial charge in [-0.15, -0.1) is 0 Å². The fourth-order valence-corrected chi connectivity index (χ4v) is 4.26. The Hall–Kier alpha value is -2.21. The summed E-state index contributed by atoms with van der Waals surface area (Å²) >= 11 is 0. The first kappa shape index (κ1) is 18.2. The molecule has 142 valence electrons. The lowest BCUT2D eigenvalue weighted by molar-refractivity contribution is -0.925. The van der Waals surface area contributed by atoms with Gasteiger partial charge in [0.1, 0.15) is 19.6 Å². The number of benzene rings is 2. The molecule has 2 heterocycles. The summed E-state index contributed by atoms with van der Waals surface area (Å²) in [5, 5.41) is 11.5. The molecule has 0 saturated carbocycles. The first-order valence-electron chi connectivity index (χ1n) is 9.60. The molecule has 0 radical (unpaired) electrons. The van der Waals surface area contributed by atoms with Crippen LogP contribution in [-0.4, -0.2) is 61.1 Å². The number of morpholine rings is 1. The number of quaternary nitrogens is 1. The van der Waals surface area contributed by atoms with Crippen molar-refractivity contribution >= 4 is 5.97 Å². The van der Waals surface area contributed by atoms with Gasteiger partial charge in [-0.1, -0.05) is 60.7 Å². The number of hydrogen-bond acceptors (Lipinski definition) is 4. The molecule has 1 N–H and O–H groups in total. The van der Waals surface area contributed by atoms with Gasteiger partial charge in [0.15, 0.2) is 6.10 Å². The minimum atomic E-state index is -1.80. The normalized spacial score (nSPS) is 21.9. The Labute approximate surface area is 159 Å². The molecule has 1 spiro atoms. The Morgan fingerprint density at radius 1 is 0.963 bits per heavy atom. The number of nitrogens with zero attached hydrogens (tertiary/aromatic N) is 1. The summed E-state index contributed by atoms with van der Waals surface area (Å²) in [4.78, 5) is 13.2. The Morgan fingerprint density at radius 2 is 1.52 bits per heavy atom. The molecule has 0 amide bonds. The number of carbonyl (C=O) groups is 1. The zero-order valence-corrected chi connectivity index (χ0v) is 15.4. The fraction of sp³-hybridized carbons (Fsp3) is 0.409. The maximum Gasteiger partial charge on any atom is 0.348 e. The topological polar surface area (TPSA) is 55.8 Å². The third-order valence-corrected chi connectivity index (χ3v) is 5.89. The second kappa shape index (κ2) is 7.43. The average Bonchev–Trinajstić information content (AvgIpc) is 3.10. The number of ether oxygens (including phenoxy) is 2. The van der Waals surface area contributed by atoms with Crippen molar-refractivity contribution in [2.75, 3.05) is 39.4 Å². The highest BCUT2D eigenvalue weighted by Crippen LogP contribution is 2.33. The van der Waals surface area contributed by atoms with Gasteiger partial charge >= 0.3 is 5.97 Å². The molecule has 2 aromatic rings. The third kappa shape index (κ3) is 3.50. The van der Waals surface area contributed by atoms with E-state index < -0.39 is 11.6 Å². The average molecular weight is 368 g/mol. The zero-order chi connectivity index (χ0) is 18.7. The third-order valence-electron chi connectivity index (χ3n) is 5.89. The number of aliphatic hydroxyl groups is 1. The van der Waals surface area contributed by atoms with Gasteiger partial charge in [-0.25, -0.2) is 4.79 Å². The van der Waals surface area contributed by atoms with E-state index in [1.54, 1.807) is 24.3 Å². The highest BCUT2D eigenvalue weighted by Gasteiger charge is 2.46. The van der Waals surface area contributed by atoms with Gasteiger partial charge < -0.3 is 19.1 Å². The van der Waals surface area contributed by atoms with Crippen molar-refractivity contribution < 1.29 is 23.9 Å². The fourth-order valence-electron chi connectivity index (χ4n) is 4.26. The number of carbonyl (C=O) groups excluding carboxylic acids is 1. The van der Waals surface area contributed by atoms with Crippen molar-refractivity contribution in [2.45, 2.75) is 18.1 Å². The molecule has 0 bridgehead atoms. The lowest BCUT2D eigenvalue weighted by Gasteiger charge is -2.37. The molecular weight excluding hydrogens is 342 g/mol. The second-order valence-corrected chi connectivity index (χ2v) is 7.57. The molecule has 5 nitrogen and oxygen atoms in total. The monoisotopic (exact) mass is 368 g/mol. The summed E-state index contributed by atoms with van der Waals surface area (Å²) in [5.41, 5.74) is -0.759. The summed E-state index contributed by atoms with van der Waals surface area (Å²) in [6, 6.07) is 18.1. The van der Waals surface area contributed by atoms with Crippen LogP contribution >= 0.6 is 0 Å². The Morgan fingerprint density at radius 3 is 2.07 bits per heavy atom. The van der Waals surface area contributed by atoms with Gasteiger partial charge in [0.25, 0.3) is 0 Å². The van der Waals surface area contributed by atoms with Gasteiger partial charge in [-0.3, -0.25) is 0 Å². The van der Waals surface area contributed by atoms with Gasteiger partial charge in [0.2, 0.25) is 5.60 Å². The molecule has 27 heavy (non-hydrogen) atoms. The molecule has 1 unspecified atom stereocenters. The van der Waals surface area contributed by atoms with Crippen molar-refractivity contribution in [3.05, 3.63) is 71.8 Å². The molecule has 2 fully saturated rings. The summed E-state index contributed by atoms with van der Waals surface area (Å²) < 4.78 is 12.3. The van der Waals surface area contributed by atoms with Gasteiger partial charge in [0.05, 0.1) is 19.8 Å². The van der Waals surface area contributed by atoms with Crippen LogP contribution in [0.5, 0.6) is 0 Å². The molecule has 2 saturated heterocycles. The molecule has 2 aliphatic rings. The number of hydrogen-bond donors (Lipinski definition) is 1. The second-order valence-electron chi connectivity index (χ2n) is 7.57. The van der Waals surface area contributed by atoms with Crippen LogP contribution in [-0.2, 0) is 19.9 Å². The highest BCUT2D eigenvalue weighted by molar-refractivity contribution is 5.85. The lowest BCUT2D eigenvalue weighted by Crippen LogP contribution is -2.54. The predicted molar refractivity (Wildman–Crippen MR) is 101 cm³/mol. The van der Waals surface area contributed by atoms with Crippen molar-refractivity contribution in [3.63, 3.8) is 0 Å². The SMILES string of the molecule is O=C(OC1CC[N+]2(CCOCC2)C1)C(O)(c1ccccc1)c1ccccc1. The minimum Gasteiger partial charge on any atom is -0.453 e. The standard InChI is InChI=1S/C22H26NO4/c24-21(27-20-11-12-23(17-20)13-15-26-16-14-23)22(25,18-7-3-1-4-8-18)19-9-5-2-6-10-19/h1-10,20,25H,11-17H2/q+1. The van der Waals surface area contributed by atoms with Crippen LogP contribution in [0.15, 0.2) is 60.7 Å². The summed E-state index contributed by atoms with van der Waals surface area (Å²) in [6.45, 7) is 5.26. The van der Waals surface area contributed by atoms with E-state index in [0.717, 1.165) is 50.3 Å². The van der Waals surface area contributed by atoms with E-state index in [0.29, 0.717) is 11.1 Å². The molecule has 0 aliphatic carbocycles. The van der Waals surface area contributed by atoms with Crippen molar-refractivity contribution in [1.29, 1.82) is 0 Å². The first-order chi connectivity index (χ1) is 13.1. The largest absolute Gasteiger partial charge is 0.453 e. The van der Waals surface area contributed by atoms with Crippen LogP contribution in [0.1, 0.15) is 17.5 Å². The predicted octanol–water partition coefficient (Wildman–Crippen LogP) is 2.08. The summed E-state index contributed by atoms with van der Waals surface area (Å²) in [7, 11) is 0. The van der Waals surface area contributed by atoms with Crippen molar-refractivity contribution in [2.24, 2.45) is 0 Å². The van der Waals surface area contributed by atoms with E-state index in [1.807, 2.05) is 36.4 Å². The van der Waals surface area contributed by atoms with Crippen molar-refractivity contribution in [1.82, 2.24) is 0 Å².